The van der Waals surface area contributed by atoms with Crippen LogP contribution in [0.1, 0.15) is 0 Å². The first-order valence-corrected chi connectivity index (χ1v) is 7.51. The van der Waals surface area contributed by atoms with Crippen LogP contribution in [0.25, 0.3) is 11.3 Å². The normalized spacial score (nSPS) is 10.5. The van der Waals surface area contributed by atoms with Gasteiger partial charge in [-0.2, -0.15) is 5.10 Å². The molecule has 25 heavy (non-hydrogen) atoms. The molecule has 9 heteroatoms. The van der Waals surface area contributed by atoms with Crippen LogP contribution in [0, 0.1) is 0 Å². The molecule has 2 aromatic heterocycles. The van der Waals surface area contributed by atoms with E-state index in [1.54, 1.807) is 38.3 Å². The molecule has 0 radical (unpaired) electrons. The predicted octanol–water partition coefficient (Wildman–Crippen LogP) is 1.33. The summed E-state index contributed by atoms with van der Waals surface area (Å²) in [5.74, 6) is 1.44. The molecule has 0 saturated carbocycles. The average Bonchev–Trinajstić information content (AvgIpc) is 3.23. The fourth-order valence-corrected chi connectivity index (χ4v) is 2.33. The number of aromatic nitrogens is 5. The van der Waals surface area contributed by atoms with E-state index in [0.29, 0.717) is 17.3 Å². The lowest BCUT2D eigenvalue weighted by Crippen LogP contribution is -2.19. The highest BCUT2D eigenvalue weighted by atomic mass is 16.5. The fourth-order valence-electron chi connectivity index (χ4n) is 2.33. The summed E-state index contributed by atoms with van der Waals surface area (Å²) in [4.78, 5) is 12.0. The number of carbonyl (C=O) groups is 1. The van der Waals surface area contributed by atoms with Gasteiger partial charge in [0, 0.05) is 18.8 Å². The van der Waals surface area contributed by atoms with Crippen LogP contribution >= 0.6 is 0 Å². The van der Waals surface area contributed by atoms with Crippen LogP contribution in [0.4, 0.5) is 5.82 Å². The highest BCUT2D eigenvalue weighted by molar-refractivity contribution is 5.89. The van der Waals surface area contributed by atoms with Gasteiger partial charge in [-0.1, -0.05) is 5.21 Å². The minimum absolute atomic E-state index is 0.0733. The van der Waals surface area contributed by atoms with Crippen LogP contribution in [0.3, 0.4) is 0 Å². The van der Waals surface area contributed by atoms with E-state index in [-0.39, 0.29) is 12.5 Å². The number of rotatable bonds is 6. The maximum atomic E-state index is 12.0. The predicted molar refractivity (Wildman–Crippen MR) is 90.4 cm³/mol. The van der Waals surface area contributed by atoms with E-state index in [4.69, 9.17) is 9.47 Å². The van der Waals surface area contributed by atoms with Crippen molar-refractivity contribution in [1.29, 1.82) is 0 Å². The van der Waals surface area contributed by atoms with E-state index in [1.165, 1.54) is 4.68 Å². The molecule has 130 valence electrons. The highest BCUT2D eigenvalue weighted by Crippen LogP contribution is 2.31. The quantitative estimate of drug-likeness (QED) is 0.726. The van der Waals surface area contributed by atoms with Gasteiger partial charge in [0.1, 0.15) is 6.54 Å². The monoisotopic (exact) mass is 342 g/mol. The lowest BCUT2D eigenvalue weighted by Gasteiger charge is -2.08. The zero-order valence-corrected chi connectivity index (χ0v) is 14.1. The molecule has 0 bridgehead atoms. The molecule has 0 fully saturated rings. The van der Waals surface area contributed by atoms with Gasteiger partial charge in [0.2, 0.25) is 5.91 Å². The summed E-state index contributed by atoms with van der Waals surface area (Å²) in [6, 6.07) is 7.36. The molecule has 1 amide bonds. The van der Waals surface area contributed by atoms with Gasteiger partial charge >= 0.3 is 0 Å². The maximum Gasteiger partial charge on any atom is 0.247 e. The van der Waals surface area contributed by atoms with Crippen molar-refractivity contribution in [2.24, 2.45) is 7.05 Å². The number of carbonyl (C=O) groups excluding carboxylic acids is 1. The van der Waals surface area contributed by atoms with Gasteiger partial charge < -0.3 is 14.8 Å². The Morgan fingerprint density at radius 1 is 1.20 bits per heavy atom. The van der Waals surface area contributed by atoms with E-state index in [0.717, 1.165) is 11.3 Å². The Hall–Kier alpha value is -3.36. The summed E-state index contributed by atoms with van der Waals surface area (Å²) in [7, 11) is 4.89. The van der Waals surface area contributed by atoms with E-state index in [2.05, 4.69) is 20.7 Å². The van der Waals surface area contributed by atoms with Crippen molar-refractivity contribution in [1.82, 2.24) is 24.8 Å². The molecule has 0 atom stereocenters. The maximum absolute atomic E-state index is 12.0. The fraction of sp³-hybridized carbons (Fsp3) is 0.250. The third kappa shape index (κ3) is 3.77. The number of benzene rings is 1. The summed E-state index contributed by atoms with van der Waals surface area (Å²) in [6.45, 7) is 0.0733. The third-order valence-corrected chi connectivity index (χ3v) is 3.50. The van der Waals surface area contributed by atoms with E-state index < -0.39 is 0 Å². The summed E-state index contributed by atoms with van der Waals surface area (Å²) >= 11 is 0. The first-order valence-electron chi connectivity index (χ1n) is 7.51. The van der Waals surface area contributed by atoms with Gasteiger partial charge in [-0.15, -0.1) is 5.10 Å². The standard InChI is InChI=1S/C16H18N6O3/c1-21-9-15(18-20-21)17-16(23)10-22-7-6-12(19-22)11-4-5-13(24-2)14(8-11)25-3/h4-9H,10H2,1-3H3,(H,17,23). The molecule has 0 spiro atoms. The zero-order valence-electron chi connectivity index (χ0n) is 14.1. The molecule has 0 saturated heterocycles. The van der Waals surface area contributed by atoms with Gasteiger partial charge in [-0.25, -0.2) is 0 Å². The first-order chi connectivity index (χ1) is 12.1. The molecule has 0 unspecified atom stereocenters. The smallest absolute Gasteiger partial charge is 0.247 e. The molecule has 3 rings (SSSR count). The van der Waals surface area contributed by atoms with Crippen molar-refractivity contribution in [3.8, 4) is 22.8 Å². The second-order valence-corrected chi connectivity index (χ2v) is 5.29. The number of hydrogen-bond donors (Lipinski definition) is 1. The number of nitrogens with one attached hydrogen (secondary N) is 1. The molecule has 2 heterocycles. The molecule has 9 nitrogen and oxygen atoms in total. The van der Waals surface area contributed by atoms with Crippen molar-refractivity contribution in [2.75, 3.05) is 19.5 Å². The average molecular weight is 342 g/mol. The van der Waals surface area contributed by atoms with E-state index in [1.807, 2.05) is 24.3 Å². The summed E-state index contributed by atoms with van der Waals surface area (Å²) < 4.78 is 13.6. The Morgan fingerprint density at radius 3 is 2.68 bits per heavy atom. The summed E-state index contributed by atoms with van der Waals surface area (Å²) in [5.41, 5.74) is 1.60. The third-order valence-electron chi connectivity index (χ3n) is 3.50. The van der Waals surface area contributed by atoms with Crippen LogP contribution in [0.2, 0.25) is 0 Å². The molecule has 0 aliphatic rings. The van der Waals surface area contributed by atoms with Gasteiger partial charge in [0.05, 0.1) is 26.1 Å². The number of hydrogen-bond acceptors (Lipinski definition) is 6. The Bertz CT molecular complexity index is 886. The van der Waals surface area contributed by atoms with Crippen LogP contribution < -0.4 is 14.8 Å². The minimum atomic E-state index is -0.234. The zero-order chi connectivity index (χ0) is 17.8. The lowest BCUT2D eigenvalue weighted by atomic mass is 10.1. The van der Waals surface area contributed by atoms with Gasteiger partial charge in [-0.3, -0.25) is 14.2 Å². The Labute approximate surface area is 144 Å². The number of aryl methyl sites for hydroxylation is 1. The molecular formula is C16H18N6O3. The topological polar surface area (TPSA) is 96.1 Å². The van der Waals surface area contributed by atoms with Crippen LogP contribution in [0.5, 0.6) is 11.5 Å². The van der Waals surface area contributed by atoms with Gasteiger partial charge in [0.25, 0.3) is 0 Å². The van der Waals surface area contributed by atoms with Crippen molar-refractivity contribution in [2.45, 2.75) is 6.54 Å². The Kier molecular flexibility index (Phi) is 4.64. The van der Waals surface area contributed by atoms with Crippen molar-refractivity contribution in [3.63, 3.8) is 0 Å². The molecular weight excluding hydrogens is 324 g/mol. The summed E-state index contributed by atoms with van der Waals surface area (Å²) in [6.07, 6.45) is 3.36. The number of methoxy groups -OCH3 is 2. The number of anilines is 1. The largest absolute Gasteiger partial charge is 0.493 e. The summed E-state index contributed by atoms with van der Waals surface area (Å²) in [5, 5.41) is 14.6. The van der Waals surface area contributed by atoms with Gasteiger partial charge in [-0.05, 0) is 24.3 Å². The Morgan fingerprint density at radius 2 is 2.00 bits per heavy atom. The van der Waals surface area contributed by atoms with Crippen molar-refractivity contribution in [3.05, 3.63) is 36.7 Å². The molecule has 1 N–H and O–H groups in total. The number of ether oxygens (including phenoxy) is 2. The van der Waals surface area contributed by atoms with Crippen LogP contribution in [-0.2, 0) is 18.4 Å². The number of nitrogens with zero attached hydrogens (tertiary/aromatic N) is 5. The second kappa shape index (κ2) is 7.04. The van der Waals surface area contributed by atoms with Crippen LogP contribution in [0.15, 0.2) is 36.7 Å². The molecule has 0 aliphatic heterocycles. The molecule has 3 aromatic rings. The van der Waals surface area contributed by atoms with Crippen molar-refractivity contribution >= 4 is 11.7 Å². The second-order valence-electron chi connectivity index (χ2n) is 5.29. The number of amides is 1. The first kappa shape index (κ1) is 16.5. The SMILES string of the molecule is COc1ccc(-c2ccn(CC(=O)Nc3cn(C)nn3)n2)cc1OC. The molecule has 1 aromatic carbocycles. The van der Waals surface area contributed by atoms with E-state index >= 15 is 0 Å². The minimum Gasteiger partial charge on any atom is -0.493 e. The van der Waals surface area contributed by atoms with Crippen molar-refractivity contribution < 1.29 is 14.3 Å². The van der Waals surface area contributed by atoms with E-state index in [9.17, 15) is 4.79 Å². The molecule has 0 aliphatic carbocycles. The Balaban J connectivity index is 1.70. The lowest BCUT2D eigenvalue weighted by molar-refractivity contribution is -0.116. The van der Waals surface area contributed by atoms with Gasteiger partial charge in [0.15, 0.2) is 17.3 Å². The highest BCUT2D eigenvalue weighted by Gasteiger charge is 2.11. The van der Waals surface area contributed by atoms with Crippen LogP contribution in [-0.4, -0.2) is 44.9 Å².